The van der Waals surface area contributed by atoms with Crippen molar-refractivity contribution >= 4 is 23.4 Å². The van der Waals surface area contributed by atoms with E-state index in [1.165, 1.54) is 5.56 Å². The van der Waals surface area contributed by atoms with Crippen molar-refractivity contribution in [2.24, 2.45) is 13.0 Å². The minimum atomic E-state index is -0.571. The number of carbonyl (C=O) groups excluding carboxylic acids is 2. The Labute approximate surface area is 199 Å². The van der Waals surface area contributed by atoms with Gasteiger partial charge in [-0.05, 0) is 54.5 Å². The van der Waals surface area contributed by atoms with Crippen molar-refractivity contribution in [1.29, 1.82) is 0 Å². The van der Waals surface area contributed by atoms with E-state index in [9.17, 15) is 9.59 Å². The quantitative estimate of drug-likeness (QED) is 0.569. The molecule has 1 saturated heterocycles. The maximum Gasteiger partial charge on any atom is 0.251 e. The Morgan fingerprint density at radius 3 is 2.39 bits per heavy atom. The number of halogens is 1. The van der Waals surface area contributed by atoms with Crippen LogP contribution in [0.1, 0.15) is 48.5 Å². The average molecular weight is 468 g/mol. The van der Waals surface area contributed by atoms with Crippen LogP contribution in [-0.4, -0.2) is 50.8 Å². The summed E-state index contributed by atoms with van der Waals surface area (Å²) in [6, 6.07) is 14.6. The summed E-state index contributed by atoms with van der Waals surface area (Å²) in [4.78, 5) is 29.8. The molecule has 1 aliphatic rings. The highest BCUT2D eigenvalue weighted by Gasteiger charge is 2.31. The summed E-state index contributed by atoms with van der Waals surface area (Å²) in [5.41, 5.74) is 2.60. The van der Waals surface area contributed by atoms with Gasteiger partial charge in [0, 0.05) is 36.3 Å². The molecule has 1 aromatic heterocycles. The molecule has 1 aliphatic heterocycles. The van der Waals surface area contributed by atoms with Gasteiger partial charge >= 0.3 is 0 Å². The Bertz CT molecular complexity index is 1100. The van der Waals surface area contributed by atoms with Gasteiger partial charge in [0.25, 0.3) is 5.91 Å². The second-order valence-electron chi connectivity index (χ2n) is 9.01. The minimum absolute atomic E-state index is 0.0179. The normalized spacial score (nSPS) is 15.6. The van der Waals surface area contributed by atoms with Crippen LogP contribution in [0.25, 0.3) is 11.4 Å². The van der Waals surface area contributed by atoms with Crippen LogP contribution in [0.4, 0.5) is 0 Å². The number of aromatic amines is 1. The Morgan fingerprint density at radius 2 is 1.79 bits per heavy atom. The van der Waals surface area contributed by atoms with Crippen LogP contribution in [0.2, 0.25) is 5.02 Å². The maximum atomic E-state index is 13.3. The molecule has 3 aromatic rings. The number of rotatable bonds is 6. The smallest absolute Gasteiger partial charge is 0.251 e. The lowest BCUT2D eigenvalue weighted by atomic mass is 9.89. The Hall–Kier alpha value is -3.06. The second kappa shape index (κ2) is 9.83. The van der Waals surface area contributed by atoms with Gasteiger partial charge in [-0.3, -0.25) is 14.7 Å². The number of hydrogen-bond donors (Lipinski definition) is 2. The van der Waals surface area contributed by atoms with Gasteiger partial charge in [0.2, 0.25) is 5.91 Å². The zero-order valence-corrected chi connectivity index (χ0v) is 20.0. The highest BCUT2D eigenvalue weighted by molar-refractivity contribution is 6.30. The summed E-state index contributed by atoms with van der Waals surface area (Å²) in [6.07, 6.45) is 1.80. The first-order valence-corrected chi connectivity index (χ1v) is 11.7. The largest absolute Gasteiger partial charge is 0.341 e. The van der Waals surface area contributed by atoms with Gasteiger partial charge in [0.15, 0.2) is 5.82 Å². The summed E-state index contributed by atoms with van der Waals surface area (Å²) in [7, 11) is 1.80. The molecule has 1 fully saturated rings. The van der Waals surface area contributed by atoms with Crippen LogP contribution < -0.4 is 5.32 Å². The number of amides is 2. The standard InChI is InChI=1S/C25H30ClN5O2/c1-16(2)22(27-24(32)20-6-4-5-19(15-20)23-28-30(3)29-23)25(33)31-13-11-18(12-14-31)17-7-9-21(26)10-8-17/h4-10,15-16,18,22H,11-14H2,1-3H3,(H,27,32)(H,28,29)/t22-/m1/s1. The van der Waals surface area contributed by atoms with E-state index >= 15 is 0 Å². The number of nitrogens with one attached hydrogen (secondary N) is 2. The summed E-state index contributed by atoms with van der Waals surface area (Å²) < 4.78 is 0. The van der Waals surface area contributed by atoms with Crippen molar-refractivity contribution in [3.05, 3.63) is 64.7 Å². The lowest BCUT2D eigenvalue weighted by Gasteiger charge is -2.35. The van der Waals surface area contributed by atoms with Crippen molar-refractivity contribution in [3.8, 4) is 11.4 Å². The van der Waals surface area contributed by atoms with Gasteiger partial charge in [-0.15, -0.1) is 5.10 Å². The topological polar surface area (TPSA) is 83.0 Å². The van der Waals surface area contributed by atoms with Gasteiger partial charge in [0.1, 0.15) is 6.04 Å². The first kappa shape index (κ1) is 23.1. The molecule has 0 radical (unpaired) electrons. The number of nitrogens with zero attached hydrogens (tertiary/aromatic N) is 3. The van der Waals surface area contributed by atoms with Crippen molar-refractivity contribution in [2.75, 3.05) is 13.1 Å². The Balaban J connectivity index is 1.39. The number of hydrogen-bond acceptors (Lipinski definition) is 3. The molecular formula is C25H30ClN5O2. The second-order valence-corrected chi connectivity index (χ2v) is 9.45. The molecule has 0 bridgehead atoms. The molecule has 0 unspecified atom stereocenters. The van der Waals surface area contributed by atoms with Crippen LogP contribution in [0.3, 0.4) is 0 Å². The molecule has 174 valence electrons. The number of H-pyrrole nitrogens is 1. The lowest BCUT2D eigenvalue weighted by molar-refractivity contribution is -0.135. The maximum absolute atomic E-state index is 13.3. The molecule has 0 aliphatic carbocycles. The molecule has 8 heteroatoms. The molecular weight excluding hydrogens is 438 g/mol. The van der Waals surface area contributed by atoms with Crippen LogP contribution in [0.5, 0.6) is 0 Å². The van der Waals surface area contributed by atoms with Crippen LogP contribution in [-0.2, 0) is 11.8 Å². The first-order chi connectivity index (χ1) is 15.8. The number of likely N-dealkylation sites (tertiary alicyclic amines) is 1. The van der Waals surface area contributed by atoms with E-state index in [1.807, 2.05) is 43.0 Å². The van der Waals surface area contributed by atoms with Gasteiger partial charge in [0.05, 0.1) is 0 Å². The van der Waals surface area contributed by atoms with E-state index in [0.717, 1.165) is 23.4 Å². The van der Waals surface area contributed by atoms with Crippen molar-refractivity contribution in [3.63, 3.8) is 0 Å². The zero-order chi connectivity index (χ0) is 23.5. The predicted octanol–water partition coefficient (Wildman–Crippen LogP) is 4.23. The highest BCUT2D eigenvalue weighted by Crippen LogP contribution is 2.29. The van der Waals surface area contributed by atoms with Gasteiger partial charge in [-0.2, -0.15) is 0 Å². The summed E-state index contributed by atoms with van der Waals surface area (Å²) in [6.45, 7) is 5.28. The van der Waals surface area contributed by atoms with E-state index in [1.54, 1.807) is 24.0 Å². The Kier molecular flexibility index (Phi) is 6.88. The SMILES string of the molecule is CC(C)[C@@H](NC(=O)c1cccc(-c2nn(C)[nH]2)c1)C(=O)N1CCC(c2ccc(Cl)cc2)CC1. The van der Waals surface area contributed by atoms with Crippen LogP contribution in [0.15, 0.2) is 48.5 Å². The molecule has 2 N–H and O–H groups in total. The fourth-order valence-corrected chi connectivity index (χ4v) is 4.46. The van der Waals surface area contributed by atoms with E-state index in [4.69, 9.17) is 11.6 Å². The van der Waals surface area contributed by atoms with E-state index in [0.29, 0.717) is 30.4 Å². The zero-order valence-electron chi connectivity index (χ0n) is 19.2. The predicted molar refractivity (Wildman–Crippen MR) is 129 cm³/mol. The fourth-order valence-electron chi connectivity index (χ4n) is 4.34. The van der Waals surface area contributed by atoms with E-state index in [-0.39, 0.29) is 17.7 Å². The third-order valence-electron chi connectivity index (χ3n) is 6.28. The summed E-state index contributed by atoms with van der Waals surface area (Å²) >= 11 is 6.01. The van der Waals surface area contributed by atoms with Gasteiger partial charge in [-0.25, -0.2) is 4.80 Å². The molecule has 2 heterocycles. The van der Waals surface area contributed by atoms with Crippen molar-refractivity contribution < 1.29 is 9.59 Å². The summed E-state index contributed by atoms with van der Waals surface area (Å²) in [5, 5.41) is 11.0. The summed E-state index contributed by atoms with van der Waals surface area (Å²) in [5.74, 6) is 0.837. The first-order valence-electron chi connectivity index (χ1n) is 11.4. The van der Waals surface area contributed by atoms with Crippen molar-refractivity contribution in [1.82, 2.24) is 25.2 Å². The third kappa shape index (κ3) is 5.30. The number of piperidine rings is 1. The Morgan fingerprint density at radius 1 is 1.12 bits per heavy atom. The average Bonchev–Trinajstić information content (AvgIpc) is 2.80. The number of benzene rings is 2. The van der Waals surface area contributed by atoms with Crippen LogP contribution in [0, 0.1) is 5.92 Å². The van der Waals surface area contributed by atoms with Gasteiger partial charge in [-0.1, -0.05) is 49.7 Å². The number of carbonyl (C=O) groups is 2. The van der Waals surface area contributed by atoms with E-state index in [2.05, 4.69) is 27.6 Å². The molecule has 2 amide bonds. The molecule has 2 aromatic carbocycles. The third-order valence-corrected chi connectivity index (χ3v) is 6.54. The molecule has 1 atom stereocenters. The molecule has 4 rings (SSSR count). The number of aromatic nitrogens is 3. The minimum Gasteiger partial charge on any atom is -0.341 e. The molecule has 0 spiro atoms. The monoisotopic (exact) mass is 467 g/mol. The molecule has 7 nitrogen and oxygen atoms in total. The van der Waals surface area contributed by atoms with Gasteiger partial charge < -0.3 is 10.2 Å². The highest BCUT2D eigenvalue weighted by atomic mass is 35.5. The fraction of sp³-hybridized carbons (Fsp3) is 0.400. The van der Waals surface area contributed by atoms with Crippen molar-refractivity contribution in [2.45, 2.75) is 38.6 Å². The number of aryl methyl sites for hydroxylation is 1. The molecule has 33 heavy (non-hydrogen) atoms. The lowest BCUT2D eigenvalue weighted by Crippen LogP contribution is -2.52. The van der Waals surface area contributed by atoms with Crippen LogP contribution >= 0.6 is 11.6 Å². The molecule has 0 saturated carbocycles. The van der Waals surface area contributed by atoms with E-state index < -0.39 is 6.04 Å².